The van der Waals surface area contributed by atoms with Crippen molar-refractivity contribution in [2.75, 3.05) is 11.5 Å². The summed E-state index contributed by atoms with van der Waals surface area (Å²) < 4.78 is 45.3. The van der Waals surface area contributed by atoms with Gasteiger partial charge in [-0.2, -0.15) is 13.2 Å². The fourth-order valence-electron chi connectivity index (χ4n) is 3.92. The average Bonchev–Trinajstić information content (AvgIpc) is 3.32. The standard InChI is InChI=1S/C23H19F3N2O4S/c1-12(2)28(21-27-19(23(24,25)26)18(33-21)20(29)30)22(31)32-11-17-15-9-5-3-7-13(15)14-8-4-6-10-16(14)17/h3-10,12,17H,11H2,1-2H3,(H,29,30). The summed E-state index contributed by atoms with van der Waals surface area (Å²) in [6.07, 6.45) is -5.86. The van der Waals surface area contributed by atoms with E-state index >= 15 is 0 Å². The summed E-state index contributed by atoms with van der Waals surface area (Å²) in [6, 6.07) is 14.9. The van der Waals surface area contributed by atoms with Crippen molar-refractivity contribution in [1.29, 1.82) is 0 Å². The Labute approximate surface area is 191 Å². The van der Waals surface area contributed by atoms with Crippen molar-refractivity contribution in [1.82, 2.24) is 4.98 Å². The first-order valence-electron chi connectivity index (χ1n) is 10.0. The molecule has 0 saturated carbocycles. The van der Waals surface area contributed by atoms with Crippen LogP contribution in [0.3, 0.4) is 0 Å². The molecule has 10 heteroatoms. The van der Waals surface area contributed by atoms with E-state index in [4.69, 9.17) is 9.84 Å². The molecule has 0 aliphatic heterocycles. The number of benzene rings is 2. The number of thiazole rings is 1. The van der Waals surface area contributed by atoms with Crippen LogP contribution >= 0.6 is 11.3 Å². The van der Waals surface area contributed by atoms with Crippen molar-refractivity contribution < 1.29 is 32.6 Å². The van der Waals surface area contributed by atoms with Crippen molar-refractivity contribution >= 4 is 28.5 Å². The number of nitrogens with zero attached hydrogens (tertiary/aromatic N) is 2. The number of rotatable bonds is 5. The second-order valence-electron chi connectivity index (χ2n) is 7.74. The predicted octanol–water partition coefficient (Wildman–Crippen LogP) is 6.02. The molecule has 3 aromatic rings. The molecule has 1 aromatic heterocycles. The third-order valence-corrected chi connectivity index (χ3v) is 6.38. The van der Waals surface area contributed by atoms with Crippen LogP contribution in [0.15, 0.2) is 48.5 Å². The molecule has 33 heavy (non-hydrogen) atoms. The quantitative estimate of drug-likeness (QED) is 0.487. The second kappa shape index (κ2) is 8.51. The highest BCUT2D eigenvalue weighted by atomic mass is 32.1. The van der Waals surface area contributed by atoms with Crippen LogP contribution in [-0.4, -0.2) is 34.8 Å². The lowest BCUT2D eigenvalue weighted by Crippen LogP contribution is -2.38. The van der Waals surface area contributed by atoms with Gasteiger partial charge in [0.1, 0.15) is 11.5 Å². The fourth-order valence-corrected chi connectivity index (χ4v) is 4.97. The first kappa shape index (κ1) is 22.8. The maximum absolute atomic E-state index is 13.3. The zero-order valence-corrected chi connectivity index (χ0v) is 18.4. The summed E-state index contributed by atoms with van der Waals surface area (Å²) in [5.41, 5.74) is 2.52. The van der Waals surface area contributed by atoms with E-state index < -0.39 is 34.9 Å². The molecular weight excluding hydrogens is 457 g/mol. The first-order chi connectivity index (χ1) is 15.6. The lowest BCUT2D eigenvalue weighted by molar-refractivity contribution is -0.141. The van der Waals surface area contributed by atoms with Crippen molar-refractivity contribution in [2.24, 2.45) is 0 Å². The maximum Gasteiger partial charge on any atom is 0.435 e. The summed E-state index contributed by atoms with van der Waals surface area (Å²) >= 11 is 0.289. The Morgan fingerprint density at radius 2 is 1.64 bits per heavy atom. The highest BCUT2D eigenvalue weighted by molar-refractivity contribution is 7.17. The number of halogens is 3. The molecule has 1 aliphatic rings. The van der Waals surface area contributed by atoms with E-state index in [1.165, 1.54) is 0 Å². The SMILES string of the molecule is CC(C)N(C(=O)OCC1c2ccccc2-c2ccccc21)c1nc(C(F)(F)F)c(C(=O)O)s1. The van der Waals surface area contributed by atoms with Crippen molar-refractivity contribution in [3.05, 3.63) is 70.2 Å². The van der Waals surface area contributed by atoms with Crippen molar-refractivity contribution in [3.63, 3.8) is 0 Å². The number of carbonyl (C=O) groups excluding carboxylic acids is 1. The van der Waals surface area contributed by atoms with Gasteiger partial charge in [-0.1, -0.05) is 59.9 Å². The number of aromatic nitrogens is 1. The van der Waals surface area contributed by atoms with Crippen LogP contribution < -0.4 is 4.90 Å². The summed E-state index contributed by atoms with van der Waals surface area (Å²) in [6.45, 7) is 3.13. The Kier molecular flexibility index (Phi) is 5.87. The molecule has 1 aliphatic carbocycles. The number of fused-ring (bicyclic) bond motifs is 3. The number of amides is 1. The molecule has 0 saturated heterocycles. The van der Waals surface area contributed by atoms with Crippen LogP contribution in [0.25, 0.3) is 11.1 Å². The van der Waals surface area contributed by atoms with Gasteiger partial charge in [0.2, 0.25) is 0 Å². The number of aromatic carboxylic acids is 1. The summed E-state index contributed by atoms with van der Waals surface area (Å²) in [7, 11) is 0. The number of hydrogen-bond donors (Lipinski definition) is 1. The Morgan fingerprint density at radius 3 is 2.09 bits per heavy atom. The first-order valence-corrected chi connectivity index (χ1v) is 10.9. The molecule has 0 radical (unpaired) electrons. The van der Waals surface area contributed by atoms with E-state index in [-0.39, 0.29) is 29.0 Å². The third kappa shape index (κ3) is 4.18. The van der Waals surface area contributed by atoms with Gasteiger partial charge in [-0.25, -0.2) is 14.6 Å². The topological polar surface area (TPSA) is 79.7 Å². The van der Waals surface area contributed by atoms with Gasteiger partial charge in [-0.05, 0) is 36.1 Å². The number of carbonyl (C=O) groups is 2. The van der Waals surface area contributed by atoms with Crippen LogP contribution in [0.1, 0.15) is 46.3 Å². The lowest BCUT2D eigenvalue weighted by Gasteiger charge is -2.24. The third-order valence-electron chi connectivity index (χ3n) is 5.33. The number of carboxylic acids is 1. The molecule has 1 amide bonds. The largest absolute Gasteiger partial charge is 0.477 e. The van der Waals surface area contributed by atoms with Gasteiger partial charge in [0, 0.05) is 12.0 Å². The molecule has 0 unspecified atom stereocenters. The van der Waals surface area contributed by atoms with E-state index in [1.807, 2.05) is 48.5 Å². The molecule has 1 N–H and O–H groups in total. The Hall–Kier alpha value is -3.40. The van der Waals surface area contributed by atoms with Gasteiger partial charge in [-0.15, -0.1) is 0 Å². The number of hydrogen-bond acceptors (Lipinski definition) is 5. The summed E-state index contributed by atoms with van der Waals surface area (Å²) in [5.74, 6) is -1.99. The van der Waals surface area contributed by atoms with E-state index in [2.05, 4.69) is 4.98 Å². The molecule has 4 rings (SSSR count). The normalized spacial score (nSPS) is 13.0. The molecule has 1 heterocycles. The summed E-state index contributed by atoms with van der Waals surface area (Å²) in [4.78, 5) is 27.7. The van der Waals surface area contributed by atoms with Gasteiger partial charge >= 0.3 is 18.2 Å². The second-order valence-corrected chi connectivity index (χ2v) is 8.72. The molecule has 172 valence electrons. The number of ether oxygens (including phenoxy) is 1. The van der Waals surface area contributed by atoms with Gasteiger partial charge in [-0.3, -0.25) is 4.90 Å². The lowest BCUT2D eigenvalue weighted by atomic mass is 9.98. The van der Waals surface area contributed by atoms with Crippen LogP contribution in [0.2, 0.25) is 0 Å². The van der Waals surface area contributed by atoms with Crippen molar-refractivity contribution in [2.45, 2.75) is 32.0 Å². The van der Waals surface area contributed by atoms with Gasteiger partial charge in [0.15, 0.2) is 10.8 Å². The van der Waals surface area contributed by atoms with E-state index in [0.717, 1.165) is 27.2 Å². The molecule has 0 fully saturated rings. The van der Waals surface area contributed by atoms with Crippen LogP contribution in [-0.2, 0) is 10.9 Å². The number of alkyl halides is 3. The van der Waals surface area contributed by atoms with E-state index in [9.17, 15) is 22.8 Å². The van der Waals surface area contributed by atoms with Gasteiger partial charge in [0.05, 0.1) is 0 Å². The van der Waals surface area contributed by atoms with Gasteiger partial charge < -0.3 is 9.84 Å². The molecule has 2 aromatic carbocycles. The highest BCUT2D eigenvalue weighted by Crippen LogP contribution is 2.45. The van der Waals surface area contributed by atoms with Crippen LogP contribution in [0, 0.1) is 0 Å². The average molecular weight is 476 g/mol. The smallest absolute Gasteiger partial charge is 0.435 e. The predicted molar refractivity (Wildman–Crippen MR) is 117 cm³/mol. The Bertz CT molecular complexity index is 1180. The number of anilines is 1. The molecular formula is C23H19F3N2O4S. The fraction of sp³-hybridized carbons (Fsp3) is 0.261. The molecule has 0 spiro atoms. The summed E-state index contributed by atoms with van der Waals surface area (Å²) in [5, 5.41) is 8.79. The molecule has 0 bridgehead atoms. The van der Waals surface area contributed by atoms with E-state index in [1.54, 1.807) is 13.8 Å². The van der Waals surface area contributed by atoms with E-state index in [0.29, 0.717) is 0 Å². The Balaban J connectivity index is 1.61. The van der Waals surface area contributed by atoms with Gasteiger partial charge in [0.25, 0.3) is 0 Å². The highest BCUT2D eigenvalue weighted by Gasteiger charge is 2.41. The van der Waals surface area contributed by atoms with Crippen LogP contribution in [0.5, 0.6) is 0 Å². The van der Waals surface area contributed by atoms with Crippen molar-refractivity contribution in [3.8, 4) is 11.1 Å². The molecule has 0 atom stereocenters. The van der Waals surface area contributed by atoms with Crippen LogP contribution in [0.4, 0.5) is 23.1 Å². The minimum atomic E-state index is -4.97. The maximum atomic E-state index is 13.3. The minimum Gasteiger partial charge on any atom is -0.477 e. The minimum absolute atomic E-state index is 0.0284. The number of carboxylic acid groups (broad SMARTS) is 1. The zero-order valence-electron chi connectivity index (χ0n) is 17.6. The molecule has 6 nitrogen and oxygen atoms in total. The monoisotopic (exact) mass is 476 g/mol. The zero-order chi connectivity index (χ0) is 23.9. The Morgan fingerprint density at radius 1 is 1.09 bits per heavy atom.